The summed E-state index contributed by atoms with van der Waals surface area (Å²) >= 11 is 0. The van der Waals surface area contributed by atoms with E-state index in [1.807, 2.05) is 6.92 Å². The van der Waals surface area contributed by atoms with E-state index in [-0.39, 0.29) is 11.9 Å². The number of nitrogens with zero attached hydrogens (tertiary/aromatic N) is 1. The van der Waals surface area contributed by atoms with Gasteiger partial charge in [-0.05, 0) is 31.8 Å². The van der Waals surface area contributed by atoms with E-state index >= 15 is 0 Å². The molecule has 1 aliphatic rings. The second-order valence-electron chi connectivity index (χ2n) is 4.31. The molecule has 4 nitrogen and oxygen atoms in total. The summed E-state index contributed by atoms with van der Waals surface area (Å²) < 4.78 is 0. The standard InChI is InChI=1S/C11H23N3O/c1-3-10(12)11(15)13-7-9-5-6-14(4-2)8-9/h9-10H,3-8,12H2,1-2H3,(H,13,15). The van der Waals surface area contributed by atoms with Crippen LogP contribution in [0.3, 0.4) is 0 Å². The normalized spacial score (nSPS) is 24.1. The number of nitrogens with two attached hydrogens (primary N) is 1. The molecule has 3 N–H and O–H groups in total. The summed E-state index contributed by atoms with van der Waals surface area (Å²) in [6.07, 6.45) is 1.90. The maximum atomic E-state index is 11.4. The number of amides is 1. The van der Waals surface area contributed by atoms with Crippen molar-refractivity contribution in [3.05, 3.63) is 0 Å². The molecule has 1 heterocycles. The van der Waals surface area contributed by atoms with Crippen molar-refractivity contribution in [3.63, 3.8) is 0 Å². The quantitative estimate of drug-likeness (QED) is 0.685. The molecular formula is C11H23N3O. The van der Waals surface area contributed by atoms with Crippen LogP contribution in [0, 0.1) is 5.92 Å². The van der Waals surface area contributed by atoms with Gasteiger partial charge >= 0.3 is 0 Å². The van der Waals surface area contributed by atoms with Gasteiger partial charge in [-0.3, -0.25) is 4.79 Å². The fraction of sp³-hybridized carbons (Fsp3) is 0.909. The second kappa shape index (κ2) is 6.08. The van der Waals surface area contributed by atoms with E-state index in [0.717, 1.165) is 26.2 Å². The van der Waals surface area contributed by atoms with Crippen molar-refractivity contribution in [1.29, 1.82) is 0 Å². The molecule has 0 bridgehead atoms. The van der Waals surface area contributed by atoms with E-state index < -0.39 is 0 Å². The van der Waals surface area contributed by atoms with Crippen LogP contribution < -0.4 is 11.1 Å². The fourth-order valence-electron chi connectivity index (χ4n) is 1.93. The molecule has 1 aliphatic heterocycles. The lowest BCUT2D eigenvalue weighted by molar-refractivity contribution is -0.122. The third-order valence-corrected chi connectivity index (χ3v) is 3.16. The van der Waals surface area contributed by atoms with Gasteiger partial charge in [-0.15, -0.1) is 0 Å². The predicted molar refractivity (Wildman–Crippen MR) is 61.5 cm³/mol. The van der Waals surface area contributed by atoms with Crippen molar-refractivity contribution < 1.29 is 4.79 Å². The number of hydrogen-bond donors (Lipinski definition) is 2. The van der Waals surface area contributed by atoms with Gasteiger partial charge in [-0.2, -0.15) is 0 Å². The highest BCUT2D eigenvalue weighted by Gasteiger charge is 2.22. The largest absolute Gasteiger partial charge is 0.354 e. The first-order chi connectivity index (χ1) is 7.17. The Kier molecular flexibility index (Phi) is 5.05. The Morgan fingerprint density at radius 3 is 2.87 bits per heavy atom. The zero-order chi connectivity index (χ0) is 11.3. The molecule has 15 heavy (non-hydrogen) atoms. The summed E-state index contributed by atoms with van der Waals surface area (Å²) in [6.45, 7) is 8.27. The van der Waals surface area contributed by atoms with Crippen LogP contribution in [0.1, 0.15) is 26.7 Å². The molecule has 0 spiro atoms. The molecule has 1 rings (SSSR count). The van der Waals surface area contributed by atoms with Gasteiger partial charge in [0.15, 0.2) is 0 Å². The maximum Gasteiger partial charge on any atom is 0.236 e. The number of carbonyl (C=O) groups excluding carboxylic acids is 1. The van der Waals surface area contributed by atoms with Crippen LogP contribution in [0.15, 0.2) is 0 Å². The van der Waals surface area contributed by atoms with Crippen molar-refractivity contribution in [2.24, 2.45) is 11.7 Å². The molecule has 0 saturated carbocycles. The second-order valence-corrected chi connectivity index (χ2v) is 4.31. The zero-order valence-corrected chi connectivity index (χ0v) is 9.83. The monoisotopic (exact) mass is 213 g/mol. The van der Waals surface area contributed by atoms with Gasteiger partial charge in [-0.1, -0.05) is 13.8 Å². The van der Waals surface area contributed by atoms with Gasteiger partial charge < -0.3 is 16.0 Å². The number of likely N-dealkylation sites (tertiary alicyclic amines) is 1. The van der Waals surface area contributed by atoms with Gasteiger partial charge in [0.2, 0.25) is 5.91 Å². The average Bonchev–Trinajstić information content (AvgIpc) is 2.72. The molecule has 1 amide bonds. The van der Waals surface area contributed by atoms with Crippen LogP contribution in [0.4, 0.5) is 0 Å². The average molecular weight is 213 g/mol. The van der Waals surface area contributed by atoms with Gasteiger partial charge in [-0.25, -0.2) is 0 Å². The van der Waals surface area contributed by atoms with E-state index in [2.05, 4.69) is 17.1 Å². The van der Waals surface area contributed by atoms with Gasteiger partial charge in [0.05, 0.1) is 6.04 Å². The number of rotatable bonds is 5. The Morgan fingerprint density at radius 2 is 2.33 bits per heavy atom. The Morgan fingerprint density at radius 1 is 1.60 bits per heavy atom. The molecule has 2 unspecified atom stereocenters. The molecule has 88 valence electrons. The molecule has 0 aromatic heterocycles. The van der Waals surface area contributed by atoms with Crippen LogP contribution in [-0.4, -0.2) is 43.0 Å². The lowest BCUT2D eigenvalue weighted by Gasteiger charge is -2.15. The van der Waals surface area contributed by atoms with Crippen molar-refractivity contribution >= 4 is 5.91 Å². The van der Waals surface area contributed by atoms with Crippen LogP contribution in [0.25, 0.3) is 0 Å². The van der Waals surface area contributed by atoms with Crippen LogP contribution in [-0.2, 0) is 4.79 Å². The molecule has 2 atom stereocenters. The minimum atomic E-state index is -0.339. The first-order valence-electron chi connectivity index (χ1n) is 5.93. The van der Waals surface area contributed by atoms with Crippen molar-refractivity contribution in [3.8, 4) is 0 Å². The molecule has 4 heteroatoms. The summed E-state index contributed by atoms with van der Waals surface area (Å²) in [7, 11) is 0. The van der Waals surface area contributed by atoms with Crippen molar-refractivity contribution in [2.75, 3.05) is 26.2 Å². The van der Waals surface area contributed by atoms with Crippen molar-refractivity contribution in [1.82, 2.24) is 10.2 Å². The zero-order valence-electron chi connectivity index (χ0n) is 9.83. The molecule has 0 aromatic rings. The van der Waals surface area contributed by atoms with Gasteiger partial charge in [0, 0.05) is 13.1 Å². The summed E-state index contributed by atoms with van der Waals surface area (Å²) in [6, 6.07) is -0.339. The van der Waals surface area contributed by atoms with E-state index in [1.165, 1.54) is 6.42 Å². The summed E-state index contributed by atoms with van der Waals surface area (Å²) in [5, 5.41) is 2.93. The highest BCUT2D eigenvalue weighted by atomic mass is 16.2. The number of hydrogen-bond acceptors (Lipinski definition) is 3. The molecular weight excluding hydrogens is 190 g/mol. The van der Waals surface area contributed by atoms with E-state index in [9.17, 15) is 4.79 Å². The molecule has 0 aliphatic carbocycles. The molecule has 1 fully saturated rings. The minimum Gasteiger partial charge on any atom is -0.354 e. The number of nitrogens with one attached hydrogen (secondary N) is 1. The third kappa shape index (κ3) is 3.80. The Labute approximate surface area is 92.2 Å². The van der Waals surface area contributed by atoms with E-state index in [4.69, 9.17) is 5.73 Å². The topological polar surface area (TPSA) is 58.4 Å². The Bertz CT molecular complexity index is 208. The smallest absolute Gasteiger partial charge is 0.236 e. The van der Waals surface area contributed by atoms with Crippen LogP contribution in [0.5, 0.6) is 0 Å². The Balaban J connectivity index is 2.18. The van der Waals surface area contributed by atoms with E-state index in [1.54, 1.807) is 0 Å². The van der Waals surface area contributed by atoms with Crippen LogP contribution in [0.2, 0.25) is 0 Å². The first-order valence-corrected chi connectivity index (χ1v) is 5.93. The predicted octanol–water partition coefficient (Wildman–Crippen LogP) is 0.182. The summed E-state index contributed by atoms with van der Waals surface area (Å²) in [5.74, 6) is 0.602. The highest BCUT2D eigenvalue weighted by molar-refractivity contribution is 5.81. The van der Waals surface area contributed by atoms with E-state index in [0.29, 0.717) is 12.3 Å². The maximum absolute atomic E-state index is 11.4. The fourth-order valence-corrected chi connectivity index (χ4v) is 1.93. The molecule has 0 aromatic carbocycles. The van der Waals surface area contributed by atoms with Crippen molar-refractivity contribution in [2.45, 2.75) is 32.7 Å². The lowest BCUT2D eigenvalue weighted by Crippen LogP contribution is -2.42. The third-order valence-electron chi connectivity index (χ3n) is 3.16. The summed E-state index contributed by atoms with van der Waals surface area (Å²) in [5.41, 5.74) is 5.63. The lowest BCUT2D eigenvalue weighted by atomic mass is 10.1. The van der Waals surface area contributed by atoms with Gasteiger partial charge in [0.25, 0.3) is 0 Å². The summed E-state index contributed by atoms with van der Waals surface area (Å²) in [4.78, 5) is 13.8. The SMILES string of the molecule is CCC(N)C(=O)NCC1CCN(CC)C1. The highest BCUT2D eigenvalue weighted by Crippen LogP contribution is 2.14. The number of carbonyl (C=O) groups is 1. The van der Waals surface area contributed by atoms with Gasteiger partial charge in [0.1, 0.15) is 0 Å². The first kappa shape index (κ1) is 12.5. The minimum absolute atomic E-state index is 0.00699. The molecule has 1 saturated heterocycles. The van der Waals surface area contributed by atoms with Crippen LogP contribution >= 0.6 is 0 Å². The molecule has 0 radical (unpaired) electrons. The Hall–Kier alpha value is -0.610.